The van der Waals surface area contributed by atoms with Gasteiger partial charge in [-0.05, 0) is 25.2 Å². The largest absolute Gasteiger partial charge is 0.369 e. The Balaban J connectivity index is 4.77. The van der Waals surface area contributed by atoms with E-state index in [9.17, 15) is 9.59 Å². The third-order valence-corrected chi connectivity index (χ3v) is 6.91. The molecule has 0 rings (SSSR count). The third kappa shape index (κ3) is 11.4. The summed E-state index contributed by atoms with van der Waals surface area (Å²) in [7, 11) is 3.51. The molecule has 4 nitrogen and oxygen atoms in total. The minimum absolute atomic E-state index is 0.0602. The van der Waals surface area contributed by atoms with Gasteiger partial charge in [-0.2, -0.15) is 0 Å². The van der Waals surface area contributed by atoms with Crippen molar-refractivity contribution in [1.29, 1.82) is 0 Å². The molecule has 4 heteroatoms. The second-order valence-electron chi connectivity index (χ2n) is 9.80. The Morgan fingerprint density at radius 3 is 1.52 bits per heavy atom. The molecule has 0 aromatic heterocycles. The minimum Gasteiger partial charge on any atom is -0.369 e. The molecule has 0 aliphatic carbocycles. The maximum atomic E-state index is 13.2. The van der Waals surface area contributed by atoms with E-state index in [1.807, 2.05) is 0 Å². The number of carbonyl (C=O) groups excluding carboxylic acids is 2. The Morgan fingerprint density at radius 2 is 1.10 bits per heavy atom. The van der Waals surface area contributed by atoms with Gasteiger partial charge in [-0.1, -0.05) is 117 Å². The van der Waals surface area contributed by atoms with Crippen LogP contribution in [0.5, 0.6) is 0 Å². The Kier molecular flexibility index (Phi) is 17.9. The second-order valence-corrected chi connectivity index (χ2v) is 9.80. The molecule has 0 spiro atoms. The molecular weight excluding hydrogens is 384 g/mol. The van der Waals surface area contributed by atoms with Crippen molar-refractivity contribution in [2.24, 2.45) is 17.1 Å². The molecule has 2 N–H and O–H groups in total. The van der Waals surface area contributed by atoms with E-state index in [4.69, 9.17) is 5.73 Å². The van der Waals surface area contributed by atoms with Gasteiger partial charge >= 0.3 is 0 Å². The van der Waals surface area contributed by atoms with Gasteiger partial charge in [-0.25, -0.2) is 0 Å². The molecule has 0 aromatic carbocycles. The molecule has 0 heterocycles. The number of hydrogen-bond acceptors (Lipinski definition) is 2. The number of hydrogen-bond donors (Lipinski definition) is 1. The summed E-state index contributed by atoms with van der Waals surface area (Å²) < 4.78 is 0. The predicted octanol–water partition coefficient (Wildman–Crippen LogP) is 7.24. The van der Waals surface area contributed by atoms with Gasteiger partial charge in [0.1, 0.15) is 5.41 Å². The van der Waals surface area contributed by atoms with Crippen molar-refractivity contribution < 1.29 is 9.59 Å². The highest BCUT2D eigenvalue weighted by Crippen LogP contribution is 2.41. The van der Waals surface area contributed by atoms with Crippen molar-refractivity contribution in [3.63, 3.8) is 0 Å². The molecule has 0 aliphatic heterocycles. The van der Waals surface area contributed by atoms with E-state index in [1.165, 1.54) is 64.2 Å². The van der Waals surface area contributed by atoms with Crippen LogP contribution in [0.15, 0.2) is 0 Å². The highest BCUT2D eigenvalue weighted by Gasteiger charge is 2.50. The number of nitrogens with zero attached hydrogens (tertiary/aromatic N) is 1. The van der Waals surface area contributed by atoms with Crippen LogP contribution in [0.4, 0.5) is 0 Å². The predicted molar refractivity (Wildman–Crippen MR) is 134 cm³/mol. The van der Waals surface area contributed by atoms with Crippen LogP contribution in [0.25, 0.3) is 0 Å². The van der Waals surface area contributed by atoms with E-state index >= 15 is 0 Å². The molecular formula is C27H54N2O2. The molecule has 31 heavy (non-hydrogen) atoms. The van der Waals surface area contributed by atoms with Crippen LogP contribution in [0, 0.1) is 11.3 Å². The molecule has 0 saturated heterocycles. The van der Waals surface area contributed by atoms with Crippen molar-refractivity contribution in [2.75, 3.05) is 14.1 Å². The average Bonchev–Trinajstić information content (AvgIpc) is 2.74. The highest BCUT2D eigenvalue weighted by atomic mass is 16.2. The Hall–Kier alpha value is -1.06. The summed E-state index contributed by atoms with van der Waals surface area (Å²) in [5, 5.41) is 0. The normalized spacial score (nSPS) is 14.2. The third-order valence-electron chi connectivity index (χ3n) is 6.91. The van der Waals surface area contributed by atoms with Crippen molar-refractivity contribution >= 4 is 11.8 Å². The van der Waals surface area contributed by atoms with Crippen molar-refractivity contribution in [2.45, 2.75) is 136 Å². The molecule has 0 fully saturated rings. The summed E-state index contributed by atoms with van der Waals surface area (Å²) in [5.41, 5.74) is 4.93. The lowest BCUT2D eigenvalue weighted by molar-refractivity contribution is -0.153. The minimum atomic E-state index is -1.03. The van der Waals surface area contributed by atoms with Gasteiger partial charge < -0.3 is 10.6 Å². The Morgan fingerprint density at radius 1 is 0.677 bits per heavy atom. The lowest BCUT2D eigenvalue weighted by Gasteiger charge is -2.39. The molecule has 0 bridgehead atoms. The van der Waals surface area contributed by atoms with Gasteiger partial charge in [0.2, 0.25) is 11.8 Å². The first-order valence-corrected chi connectivity index (χ1v) is 13.4. The average molecular weight is 439 g/mol. The summed E-state index contributed by atoms with van der Waals surface area (Å²) in [4.78, 5) is 27.6. The zero-order valence-electron chi connectivity index (χ0n) is 21.6. The summed E-state index contributed by atoms with van der Waals surface area (Å²) in [6, 6.07) is 0. The number of amides is 2. The van der Waals surface area contributed by atoms with Crippen molar-refractivity contribution in [1.82, 2.24) is 4.90 Å². The molecule has 2 amide bonds. The molecule has 0 saturated carbocycles. The summed E-state index contributed by atoms with van der Waals surface area (Å²) in [5.74, 6) is -0.439. The van der Waals surface area contributed by atoms with Crippen LogP contribution >= 0.6 is 0 Å². The van der Waals surface area contributed by atoms with E-state index < -0.39 is 11.3 Å². The first kappa shape index (κ1) is 29.9. The molecule has 0 radical (unpaired) electrons. The fourth-order valence-electron chi connectivity index (χ4n) is 4.91. The number of carbonyl (C=O) groups is 2. The maximum absolute atomic E-state index is 13.2. The molecule has 0 aliphatic rings. The SMILES string of the molecule is CCCCCCCCCCCCCC(CCCC)C(CCCC)(C(N)=O)C(=O)N(C)C. The Bertz CT molecular complexity index is 464. The van der Waals surface area contributed by atoms with E-state index in [2.05, 4.69) is 20.8 Å². The standard InChI is InChI=1S/C27H54N2O2/c1-6-9-12-13-14-15-16-17-18-19-20-22-24(21-10-7-2)27(25(28)30,23-11-8-3)26(31)29(4)5/h24H,6-23H2,1-5H3,(H2,28,30). The van der Waals surface area contributed by atoms with Gasteiger partial charge in [0.15, 0.2) is 0 Å². The number of rotatable bonds is 21. The number of primary amides is 1. The van der Waals surface area contributed by atoms with Gasteiger partial charge in [0.05, 0.1) is 0 Å². The van der Waals surface area contributed by atoms with Crippen LogP contribution in [0.1, 0.15) is 136 Å². The Labute approximate surface area is 194 Å². The first-order chi connectivity index (χ1) is 14.9. The summed E-state index contributed by atoms with van der Waals surface area (Å²) >= 11 is 0. The van der Waals surface area contributed by atoms with Crippen LogP contribution < -0.4 is 5.73 Å². The zero-order chi connectivity index (χ0) is 23.5. The van der Waals surface area contributed by atoms with Gasteiger partial charge in [-0.3, -0.25) is 9.59 Å². The van der Waals surface area contributed by atoms with Crippen LogP contribution in [0.3, 0.4) is 0 Å². The van der Waals surface area contributed by atoms with Crippen LogP contribution in [-0.4, -0.2) is 30.8 Å². The van der Waals surface area contributed by atoms with Gasteiger partial charge in [-0.15, -0.1) is 0 Å². The number of nitrogens with two attached hydrogens (primary N) is 1. The summed E-state index contributed by atoms with van der Waals surface area (Å²) in [6.45, 7) is 6.54. The van der Waals surface area contributed by atoms with Crippen LogP contribution in [0.2, 0.25) is 0 Å². The molecule has 184 valence electrons. The summed E-state index contributed by atoms with van der Waals surface area (Å²) in [6.07, 6.45) is 20.8. The lowest BCUT2D eigenvalue weighted by Crippen LogP contribution is -2.54. The monoisotopic (exact) mass is 438 g/mol. The molecule has 2 unspecified atom stereocenters. The smallest absolute Gasteiger partial charge is 0.238 e. The quantitative estimate of drug-likeness (QED) is 0.151. The number of unbranched alkanes of at least 4 members (excludes halogenated alkanes) is 12. The fraction of sp³-hybridized carbons (Fsp3) is 0.926. The fourth-order valence-corrected chi connectivity index (χ4v) is 4.91. The van der Waals surface area contributed by atoms with Crippen molar-refractivity contribution in [3.8, 4) is 0 Å². The van der Waals surface area contributed by atoms with E-state index in [0.29, 0.717) is 6.42 Å². The first-order valence-electron chi connectivity index (χ1n) is 13.4. The van der Waals surface area contributed by atoms with Crippen LogP contribution in [-0.2, 0) is 9.59 Å². The second kappa shape index (κ2) is 18.5. The van der Waals surface area contributed by atoms with Gasteiger partial charge in [0.25, 0.3) is 0 Å². The van der Waals surface area contributed by atoms with E-state index in [-0.39, 0.29) is 11.8 Å². The lowest BCUT2D eigenvalue weighted by atomic mass is 9.66. The van der Waals surface area contributed by atoms with Crippen molar-refractivity contribution in [3.05, 3.63) is 0 Å². The van der Waals surface area contributed by atoms with Gasteiger partial charge in [0, 0.05) is 14.1 Å². The topological polar surface area (TPSA) is 63.4 Å². The molecule has 2 atom stereocenters. The highest BCUT2D eigenvalue weighted by molar-refractivity contribution is 6.04. The maximum Gasteiger partial charge on any atom is 0.238 e. The van der Waals surface area contributed by atoms with E-state index in [1.54, 1.807) is 19.0 Å². The zero-order valence-corrected chi connectivity index (χ0v) is 21.6. The van der Waals surface area contributed by atoms with E-state index in [0.717, 1.165) is 44.9 Å². The molecule has 0 aromatic rings.